The standard InChI is InChI=1S/C12H24N2O2S/c1-10(8-12-9-16-5-4-13-12)14-11-2-6-17(15)7-3-11/h10-14H,2-9H2,1H3. The minimum atomic E-state index is -0.554. The van der Waals surface area contributed by atoms with Crippen LogP contribution in [0.25, 0.3) is 0 Å². The number of hydrogen-bond acceptors (Lipinski definition) is 4. The van der Waals surface area contributed by atoms with Crippen LogP contribution in [-0.4, -0.2) is 53.6 Å². The molecular weight excluding hydrogens is 236 g/mol. The van der Waals surface area contributed by atoms with Crippen molar-refractivity contribution in [3.05, 3.63) is 0 Å². The highest BCUT2D eigenvalue weighted by molar-refractivity contribution is 7.85. The van der Waals surface area contributed by atoms with Crippen molar-refractivity contribution in [1.29, 1.82) is 0 Å². The summed E-state index contributed by atoms with van der Waals surface area (Å²) in [5.41, 5.74) is 0. The molecule has 0 aromatic heterocycles. The van der Waals surface area contributed by atoms with Crippen LogP contribution in [0, 0.1) is 0 Å². The van der Waals surface area contributed by atoms with E-state index in [0.717, 1.165) is 50.5 Å². The molecule has 4 nitrogen and oxygen atoms in total. The first-order chi connectivity index (χ1) is 8.24. The SMILES string of the molecule is CC(CC1COCCN1)NC1CCS(=O)CC1. The molecule has 5 heteroatoms. The Hall–Kier alpha value is 0.0300. The molecule has 0 aromatic carbocycles. The number of nitrogens with one attached hydrogen (secondary N) is 2. The average molecular weight is 260 g/mol. The lowest BCUT2D eigenvalue weighted by atomic mass is 10.1. The van der Waals surface area contributed by atoms with E-state index >= 15 is 0 Å². The molecule has 2 N–H and O–H groups in total. The fourth-order valence-electron chi connectivity index (χ4n) is 2.63. The molecule has 2 fully saturated rings. The van der Waals surface area contributed by atoms with Crippen molar-refractivity contribution in [3.8, 4) is 0 Å². The Balaban J connectivity index is 1.65. The van der Waals surface area contributed by atoms with E-state index in [2.05, 4.69) is 17.6 Å². The number of morpholine rings is 1. The Morgan fingerprint density at radius 3 is 2.88 bits per heavy atom. The topological polar surface area (TPSA) is 50.4 Å². The van der Waals surface area contributed by atoms with Gasteiger partial charge in [0.15, 0.2) is 0 Å². The third-order valence-electron chi connectivity index (χ3n) is 3.54. The molecular formula is C12H24N2O2S. The highest BCUT2D eigenvalue weighted by atomic mass is 32.2. The first-order valence-electron chi connectivity index (χ1n) is 6.66. The Morgan fingerprint density at radius 1 is 1.47 bits per heavy atom. The highest BCUT2D eigenvalue weighted by Crippen LogP contribution is 2.11. The van der Waals surface area contributed by atoms with Crippen LogP contribution in [-0.2, 0) is 15.5 Å². The summed E-state index contributed by atoms with van der Waals surface area (Å²) < 4.78 is 16.7. The van der Waals surface area contributed by atoms with Gasteiger partial charge in [0.25, 0.3) is 0 Å². The summed E-state index contributed by atoms with van der Waals surface area (Å²) in [5, 5.41) is 7.14. The molecule has 2 saturated heterocycles. The predicted molar refractivity (Wildman–Crippen MR) is 70.7 cm³/mol. The average Bonchev–Trinajstić information content (AvgIpc) is 2.33. The second-order valence-corrected chi connectivity index (χ2v) is 6.85. The molecule has 0 amide bonds. The van der Waals surface area contributed by atoms with Crippen LogP contribution < -0.4 is 10.6 Å². The van der Waals surface area contributed by atoms with Crippen molar-refractivity contribution < 1.29 is 8.95 Å². The fourth-order valence-corrected chi connectivity index (χ4v) is 3.93. The van der Waals surface area contributed by atoms with Gasteiger partial charge in [0.1, 0.15) is 0 Å². The van der Waals surface area contributed by atoms with E-state index in [-0.39, 0.29) is 0 Å². The fraction of sp³-hybridized carbons (Fsp3) is 1.00. The minimum Gasteiger partial charge on any atom is -0.379 e. The molecule has 0 aromatic rings. The number of rotatable bonds is 4. The maximum Gasteiger partial charge on any atom is 0.0620 e. The van der Waals surface area contributed by atoms with Gasteiger partial charge in [-0.05, 0) is 26.2 Å². The van der Waals surface area contributed by atoms with Gasteiger partial charge in [0.05, 0.1) is 13.2 Å². The maximum atomic E-state index is 11.3. The van der Waals surface area contributed by atoms with E-state index in [1.165, 1.54) is 0 Å². The molecule has 17 heavy (non-hydrogen) atoms. The Bertz CT molecular complexity index is 247. The lowest BCUT2D eigenvalue weighted by Crippen LogP contribution is -2.47. The molecule has 2 unspecified atom stereocenters. The van der Waals surface area contributed by atoms with E-state index in [9.17, 15) is 4.21 Å². The highest BCUT2D eigenvalue weighted by Gasteiger charge is 2.21. The molecule has 0 radical (unpaired) electrons. The zero-order valence-corrected chi connectivity index (χ0v) is 11.4. The summed E-state index contributed by atoms with van der Waals surface area (Å²) in [6, 6.07) is 1.56. The third-order valence-corrected chi connectivity index (χ3v) is 4.93. The van der Waals surface area contributed by atoms with E-state index in [0.29, 0.717) is 18.1 Å². The van der Waals surface area contributed by atoms with Gasteiger partial charge in [0, 0.05) is 47.0 Å². The largest absolute Gasteiger partial charge is 0.379 e. The van der Waals surface area contributed by atoms with Gasteiger partial charge in [0.2, 0.25) is 0 Å². The predicted octanol–water partition coefficient (Wildman–Crippen LogP) is 0.254. The molecule has 2 aliphatic rings. The molecule has 2 atom stereocenters. The van der Waals surface area contributed by atoms with Crippen LogP contribution in [0.4, 0.5) is 0 Å². The van der Waals surface area contributed by atoms with Crippen LogP contribution in [0.2, 0.25) is 0 Å². The van der Waals surface area contributed by atoms with Crippen molar-refractivity contribution in [3.63, 3.8) is 0 Å². The number of ether oxygens (including phenoxy) is 1. The van der Waals surface area contributed by atoms with Gasteiger partial charge in [-0.3, -0.25) is 4.21 Å². The summed E-state index contributed by atoms with van der Waals surface area (Å²) in [5.74, 6) is 1.74. The minimum absolute atomic E-state index is 0.490. The quantitative estimate of drug-likeness (QED) is 0.761. The van der Waals surface area contributed by atoms with Gasteiger partial charge < -0.3 is 15.4 Å². The normalized spacial score (nSPS) is 36.6. The molecule has 0 spiro atoms. The van der Waals surface area contributed by atoms with E-state index in [1.54, 1.807) is 0 Å². The second kappa shape index (κ2) is 6.83. The zero-order chi connectivity index (χ0) is 12.1. The van der Waals surface area contributed by atoms with Crippen LogP contribution in [0.15, 0.2) is 0 Å². The summed E-state index contributed by atoms with van der Waals surface area (Å²) in [6.07, 6.45) is 3.23. The van der Waals surface area contributed by atoms with Crippen molar-refractivity contribution in [2.75, 3.05) is 31.3 Å². The molecule has 0 saturated carbocycles. The molecule has 100 valence electrons. The Morgan fingerprint density at radius 2 is 2.24 bits per heavy atom. The summed E-state index contributed by atoms with van der Waals surface area (Å²) in [7, 11) is -0.554. The molecule has 2 heterocycles. The van der Waals surface area contributed by atoms with Crippen molar-refractivity contribution in [2.45, 2.75) is 44.3 Å². The molecule has 0 bridgehead atoms. The van der Waals surface area contributed by atoms with Gasteiger partial charge >= 0.3 is 0 Å². The smallest absolute Gasteiger partial charge is 0.0620 e. The Labute approximate surface area is 106 Å². The molecule has 2 aliphatic heterocycles. The van der Waals surface area contributed by atoms with Crippen molar-refractivity contribution in [1.82, 2.24) is 10.6 Å². The summed E-state index contributed by atoms with van der Waals surface area (Å²) >= 11 is 0. The van der Waals surface area contributed by atoms with E-state index < -0.39 is 10.8 Å². The third kappa shape index (κ3) is 4.66. The van der Waals surface area contributed by atoms with Crippen LogP contribution >= 0.6 is 0 Å². The molecule has 0 aliphatic carbocycles. The first-order valence-corrected chi connectivity index (χ1v) is 8.15. The van der Waals surface area contributed by atoms with Gasteiger partial charge in [-0.15, -0.1) is 0 Å². The van der Waals surface area contributed by atoms with Crippen LogP contribution in [0.1, 0.15) is 26.2 Å². The number of hydrogen-bond donors (Lipinski definition) is 2. The lowest BCUT2D eigenvalue weighted by Gasteiger charge is -2.30. The van der Waals surface area contributed by atoms with Gasteiger partial charge in [-0.25, -0.2) is 0 Å². The van der Waals surface area contributed by atoms with Crippen LogP contribution in [0.5, 0.6) is 0 Å². The van der Waals surface area contributed by atoms with E-state index in [1.807, 2.05) is 0 Å². The second-order valence-electron chi connectivity index (χ2n) is 5.15. The molecule has 2 rings (SSSR count). The van der Waals surface area contributed by atoms with Crippen molar-refractivity contribution in [2.24, 2.45) is 0 Å². The lowest BCUT2D eigenvalue weighted by molar-refractivity contribution is 0.0707. The first kappa shape index (κ1) is 13.5. The Kier molecular flexibility index (Phi) is 5.41. The zero-order valence-electron chi connectivity index (χ0n) is 10.6. The van der Waals surface area contributed by atoms with Gasteiger partial charge in [-0.2, -0.15) is 0 Å². The maximum absolute atomic E-state index is 11.3. The van der Waals surface area contributed by atoms with Gasteiger partial charge in [-0.1, -0.05) is 0 Å². The van der Waals surface area contributed by atoms with E-state index in [4.69, 9.17) is 4.74 Å². The summed E-state index contributed by atoms with van der Waals surface area (Å²) in [4.78, 5) is 0. The monoisotopic (exact) mass is 260 g/mol. The summed E-state index contributed by atoms with van der Waals surface area (Å²) in [6.45, 7) is 4.88. The van der Waals surface area contributed by atoms with Crippen LogP contribution in [0.3, 0.4) is 0 Å². The van der Waals surface area contributed by atoms with Crippen molar-refractivity contribution >= 4 is 10.8 Å².